The number of para-hydroxylation sites is 1. The number of hydrogen-bond acceptors (Lipinski definition) is 2. The summed E-state index contributed by atoms with van der Waals surface area (Å²) >= 11 is 0. The van der Waals surface area contributed by atoms with Crippen LogP contribution in [0.2, 0.25) is 0 Å². The van der Waals surface area contributed by atoms with Gasteiger partial charge >= 0.3 is 5.97 Å². The number of aliphatic carboxylic acids is 1. The van der Waals surface area contributed by atoms with Crippen molar-refractivity contribution in [1.82, 2.24) is 0 Å². The molecule has 0 aliphatic rings. The number of carboxylic acids is 1. The molecule has 1 rings (SSSR count). The van der Waals surface area contributed by atoms with Crippen LogP contribution in [0, 0.1) is 0 Å². The summed E-state index contributed by atoms with van der Waals surface area (Å²) in [6.45, 7) is 6.71. The van der Waals surface area contributed by atoms with Crippen LogP contribution in [0.25, 0.3) is 0 Å². The number of carboxylic acid groups (broad SMARTS) is 1. The Hall–Kier alpha value is -1.51. The minimum Gasteiger partial charge on any atom is -0.480 e. The second kappa shape index (κ2) is 6.28. The summed E-state index contributed by atoms with van der Waals surface area (Å²) in [5.41, 5.74) is 2.25. The van der Waals surface area contributed by atoms with Gasteiger partial charge in [0.25, 0.3) is 0 Å². The van der Waals surface area contributed by atoms with Crippen LogP contribution >= 0.6 is 0 Å². The number of rotatable bonds is 6. The summed E-state index contributed by atoms with van der Waals surface area (Å²) in [5.74, 6) is -0.750. The van der Waals surface area contributed by atoms with Crippen molar-refractivity contribution in [2.75, 3.05) is 11.4 Å². The van der Waals surface area contributed by atoms with Crippen LogP contribution < -0.4 is 4.90 Å². The molecular weight excluding hydrogens is 214 g/mol. The van der Waals surface area contributed by atoms with Gasteiger partial charge < -0.3 is 10.0 Å². The SMILES string of the molecule is CCc1ccccc1N(CC)[C@H](CC)C(=O)O. The number of carbonyl (C=O) groups is 1. The van der Waals surface area contributed by atoms with E-state index >= 15 is 0 Å². The third-order valence-corrected chi connectivity index (χ3v) is 3.07. The van der Waals surface area contributed by atoms with E-state index in [0.717, 1.165) is 12.1 Å². The van der Waals surface area contributed by atoms with E-state index in [2.05, 4.69) is 13.0 Å². The molecule has 1 aromatic rings. The van der Waals surface area contributed by atoms with E-state index in [1.54, 1.807) is 0 Å². The van der Waals surface area contributed by atoms with Gasteiger partial charge in [-0.15, -0.1) is 0 Å². The molecule has 1 aromatic carbocycles. The van der Waals surface area contributed by atoms with Gasteiger partial charge in [0, 0.05) is 12.2 Å². The maximum absolute atomic E-state index is 11.3. The van der Waals surface area contributed by atoms with Gasteiger partial charge in [-0.2, -0.15) is 0 Å². The lowest BCUT2D eigenvalue weighted by molar-refractivity contribution is -0.138. The van der Waals surface area contributed by atoms with Gasteiger partial charge in [-0.1, -0.05) is 32.0 Å². The molecule has 0 amide bonds. The molecule has 0 spiro atoms. The second-order valence-corrected chi connectivity index (χ2v) is 4.03. The fourth-order valence-corrected chi connectivity index (χ4v) is 2.18. The lowest BCUT2D eigenvalue weighted by Gasteiger charge is -2.30. The molecule has 0 bridgehead atoms. The van der Waals surface area contributed by atoms with Crippen molar-refractivity contribution >= 4 is 11.7 Å². The monoisotopic (exact) mass is 235 g/mol. The molecule has 0 aliphatic carbocycles. The molecule has 0 aromatic heterocycles. The number of benzene rings is 1. The minimum absolute atomic E-state index is 0.437. The van der Waals surface area contributed by atoms with Crippen LogP contribution in [0.1, 0.15) is 32.8 Å². The molecule has 1 N–H and O–H groups in total. The van der Waals surface area contributed by atoms with E-state index < -0.39 is 12.0 Å². The highest BCUT2D eigenvalue weighted by atomic mass is 16.4. The molecular formula is C14H21NO2. The van der Waals surface area contributed by atoms with Crippen molar-refractivity contribution < 1.29 is 9.90 Å². The molecule has 0 saturated heterocycles. The van der Waals surface area contributed by atoms with Crippen molar-refractivity contribution in [3.8, 4) is 0 Å². The molecule has 94 valence electrons. The van der Waals surface area contributed by atoms with Crippen LogP contribution in [0.15, 0.2) is 24.3 Å². The maximum Gasteiger partial charge on any atom is 0.326 e. The normalized spacial score (nSPS) is 12.2. The average Bonchev–Trinajstić information content (AvgIpc) is 2.35. The second-order valence-electron chi connectivity index (χ2n) is 4.03. The number of aryl methyl sites for hydroxylation is 1. The lowest BCUT2D eigenvalue weighted by atomic mass is 10.1. The molecule has 0 fully saturated rings. The predicted molar refractivity (Wildman–Crippen MR) is 70.6 cm³/mol. The maximum atomic E-state index is 11.3. The van der Waals surface area contributed by atoms with Gasteiger partial charge in [-0.25, -0.2) is 4.79 Å². The van der Waals surface area contributed by atoms with Gasteiger partial charge in [-0.05, 0) is 31.4 Å². The van der Waals surface area contributed by atoms with Crippen molar-refractivity contribution in [2.24, 2.45) is 0 Å². The van der Waals surface area contributed by atoms with E-state index in [1.165, 1.54) is 5.56 Å². The number of anilines is 1. The fraction of sp³-hybridized carbons (Fsp3) is 0.500. The number of hydrogen-bond donors (Lipinski definition) is 1. The summed E-state index contributed by atoms with van der Waals surface area (Å²) in [6.07, 6.45) is 1.53. The Kier molecular flexibility index (Phi) is 5.01. The first kappa shape index (κ1) is 13.6. The Morgan fingerprint density at radius 1 is 1.29 bits per heavy atom. The summed E-state index contributed by atoms with van der Waals surface area (Å²) < 4.78 is 0. The predicted octanol–water partition coefficient (Wildman–Crippen LogP) is 2.94. The first-order valence-corrected chi connectivity index (χ1v) is 6.22. The Labute approximate surface area is 103 Å². The average molecular weight is 235 g/mol. The van der Waals surface area contributed by atoms with Crippen LogP contribution in [-0.2, 0) is 11.2 Å². The Balaban J connectivity index is 3.12. The number of likely N-dealkylation sites (N-methyl/N-ethyl adjacent to an activating group) is 1. The van der Waals surface area contributed by atoms with Crippen LogP contribution in [-0.4, -0.2) is 23.7 Å². The smallest absolute Gasteiger partial charge is 0.326 e. The zero-order valence-corrected chi connectivity index (χ0v) is 10.8. The standard InChI is InChI=1S/C14H21NO2/c1-4-11-9-7-8-10-13(11)15(6-3)12(5-2)14(16)17/h7-10,12H,4-6H2,1-3H3,(H,16,17)/t12-/m1/s1. The van der Waals surface area contributed by atoms with E-state index in [-0.39, 0.29) is 0 Å². The van der Waals surface area contributed by atoms with E-state index in [9.17, 15) is 9.90 Å². The molecule has 3 heteroatoms. The quantitative estimate of drug-likeness (QED) is 0.824. The Morgan fingerprint density at radius 2 is 1.94 bits per heavy atom. The van der Waals surface area contributed by atoms with Gasteiger partial charge in [0.05, 0.1) is 0 Å². The molecule has 0 aliphatic heterocycles. The van der Waals surface area contributed by atoms with Gasteiger partial charge in [0.15, 0.2) is 0 Å². The van der Waals surface area contributed by atoms with Crippen molar-refractivity contribution in [3.05, 3.63) is 29.8 Å². The van der Waals surface area contributed by atoms with Crippen molar-refractivity contribution in [1.29, 1.82) is 0 Å². The molecule has 3 nitrogen and oxygen atoms in total. The van der Waals surface area contributed by atoms with Gasteiger partial charge in [-0.3, -0.25) is 0 Å². The Bertz CT molecular complexity index is 376. The molecule has 0 saturated carbocycles. The van der Waals surface area contributed by atoms with E-state index in [4.69, 9.17) is 0 Å². The minimum atomic E-state index is -0.750. The largest absolute Gasteiger partial charge is 0.480 e. The number of nitrogens with zero attached hydrogens (tertiary/aromatic N) is 1. The summed E-state index contributed by atoms with van der Waals surface area (Å²) in [4.78, 5) is 13.2. The lowest BCUT2D eigenvalue weighted by Crippen LogP contribution is -2.41. The van der Waals surface area contributed by atoms with E-state index in [0.29, 0.717) is 13.0 Å². The molecule has 1 atom stereocenters. The van der Waals surface area contributed by atoms with Crippen LogP contribution in [0.4, 0.5) is 5.69 Å². The highest BCUT2D eigenvalue weighted by molar-refractivity contribution is 5.78. The molecule has 0 unspecified atom stereocenters. The Morgan fingerprint density at radius 3 is 2.41 bits per heavy atom. The molecule has 0 heterocycles. The summed E-state index contributed by atoms with van der Waals surface area (Å²) in [5, 5.41) is 9.26. The summed E-state index contributed by atoms with van der Waals surface area (Å²) in [7, 11) is 0. The van der Waals surface area contributed by atoms with Crippen LogP contribution in [0.3, 0.4) is 0 Å². The first-order chi connectivity index (χ1) is 8.15. The zero-order chi connectivity index (χ0) is 12.8. The van der Waals surface area contributed by atoms with Crippen LogP contribution in [0.5, 0.6) is 0 Å². The van der Waals surface area contributed by atoms with Gasteiger partial charge in [0.1, 0.15) is 6.04 Å². The molecule has 0 radical (unpaired) electrons. The van der Waals surface area contributed by atoms with E-state index in [1.807, 2.05) is 36.9 Å². The first-order valence-electron chi connectivity index (χ1n) is 6.22. The zero-order valence-electron chi connectivity index (χ0n) is 10.8. The fourth-order valence-electron chi connectivity index (χ4n) is 2.18. The highest BCUT2D eigenvalue weighted by Gasteiger charge is 2.23. The van der Waals surface area contributed by atoms with Gasteiger partial charge in [0.2, 0.25) is 0 Å². The topological polar surface area (TPSA) is 40.5 Å². The highest BCUT2D eigenvalue weighted by Crippen LogP contribution is 2.24. The third-order valence-electron chi connectivity index (χ3n) is 3.07. The van der Waals surface area contributed by atoms with Crippen molar-refractivity contribution in [3.63, 3.8) is 0 Å². The molecule has 17 heavy (non-hydrogen) atoms. The van der Waals surface area contributed by atoms with Crippen molar-refractivity contribution in [2.45, 2.75) is 39.7 Å². The summed E-state index contributed by atoms with van der Waals surface area (Å²) in [6, 6.07) is 7.59. The third kappa shape index (κ3) is 2.99.